The maximum Gasteiger partial charge on any atom is 0.472 e. The third-order valence-electron chi connectivity index (χ3n) is 8.36. The van der Waals surface area contributed by atoms with Crippen molar-refractivity contribution in [2.24, 2.45) is 5.73 Å². The summed E-state index contributed by atoms with van der Waals surface area (Å²) in [6.45, 7) is 2.72. The zero-order valence-corrected chi connectivity index (χ0v) is 33.3. The van der Waals surface area contributed by atoms with Crippen LogP contribution in [0, 0.1) is 0 Å². The number of phosphoric ester groups is 1. The van der Waals surface area contributed by atoms with E-state index in [0.717, 1.165) is 51.4 Å². The van der Waals surface area contributed by atoms with Crippen LogP contribution in [-0.4, -0.2) is 59.9 Å². The largest absolute Gasteiger partial charge is 0.480 e. The topological polar surface area (TPSA) is 172 Å². The second-order valence-electron chi connectivity index (χ2n) is 13.4. The van der Waals surface area contributed by atoms with Gasteiger partial charge < -0.3 is 25.2 Å². The van der Waals surface area contributed by atoms with Crippen LogP contribution in [0.2, 0.25) is 0 Å². The highest BCUT2D eigenvalue weighted by molar-refractivity contribution is 7.47. The fourth-order valence-corrected chi connectivity index (χ4v) is 5.92. The van der Waals surface area contributed by atoms with E-state index >= 15 is 0 Å². The first kappa shape index (κ1) is 49.7. The van der Waals surface area contributed by atoms with Gasteiger partial charge in [0.15, 0.2) is 6.10 Å². The summed E-state index contributed by atoms with van der Waals surface area (Å²) in [4.78, 5) is 45.8. The number of rotatable bonds is 37. The Labute approximate surface area is 314 Å². The summed E-state index contributed by atoms with van der Waals surface area (Å²) >= 11 is 0. The number of hydrogen-bond donors (Lipinski definition) is 3. The molecule has 0 aromatic rings. The van der Waals surface area contributed by atoms with Gasteiger partial charge in [-0.2, -0.15) is 0 Å². The molecule has 0 aliphatic rings. The molecule has 11 nitrogen and oxygen atoms in total. The Balaban J connectivity index is 4.49. The van der Waals surface area contributed by atoms with Gasteiger partial charge in [0.05, 0.1) is 13.2 Å². The van der Waals surface area contributed by atoms with Gasteiger partial charge in [0.1, 0.15) is 12.6 Å². The lowest BCUT2D eigenvalue weighted by atomic mass is 10.1. The van der Waals surface area contributed by atoms with E-state index < -0.39 is 51.1 Å². The van der Waals surface area contributed by atoms with Crippen molar-refractivity contribution in [3.05, 3.63) is 36.5 Å². The number of unbranched alkanes of at least 4 members (excludes halogenated alkanes) is 17. The minimum Gasteiger partial charge on any atom is -0.480 e. The predicted octanol–water partition coefficient (Wildman–Crippen LogP) is 10.1. The summed E-state index contributed by atoms with van der Waals surface area (Å²) in [5.41, 5.74) is 5.31. The average Bonchev–Trinajstić information content (AvgIpc) is 3.12. The molecule has 0 radical (unpaired) electrons. The minimum atomic E-state index is -4.72. The Morgan fingerprint density at radius 2 is 1.02 bits per heavy atom. The van der Waals surface area contributed by atoms with Crippen LogP contribution in [0.1, 0.15) is 168 Å². The molecule has 0 amide bonds. The van der Waals surface area contributed by atoms with Crippen molar-refractivity contribution in [1.29, 1.82) is 0 Å². The van der Waals surface area contributed by atoms with Gasteiger partial charge in [0.2, 0.25) is 0 Å². The molecular weight excluding hydrogens is 685 g/mol. The minimum absolute atomic E-state index is 0.134. The molecule has 0 fully saturated rings. The first-order chi connectivity index (χ1) is 25.1. The lowest BCUT2D eigenvalue weighted by Crippen LogP contribution is -2.34. The zero-order valence-electron chi connectivity index (χ0n) is 32.4. The molecule has 0 saturated carbocycles. The van der Waals surface area contributed by atoms with Crippen LogP contribution in [0.15, 0.2) is 36.5 Å². The summed E-state index contributed by atoms with van der Waals surface area (Å²) < 4.78 is 32.5. The number of esters is 2. The SMILES string of the molecule is CCCCCCCC/C=C/C/C=C/CCCCC(=O)OC[C@H](COP(=O)(O)OC[C@H](N)C(=O)O)OC(=O)CCCCC/C=C/CCCCCCCC. The molecule has 4 N–H and O–H groups in total. The Morgan fingerprint density at radius 3 is 1.56 bits per heavy atom. The van der Waals surface area contributed by atoms with Gasteiger partial charge >= 0.3 is 25.7 Å². The average molecular weight is 758 g/mol. The molecule has 0 bridgehead atoms. The van der Waals surface area contributed by atoms with Crippen LogP contribution in [0.3, 0.4) is 0 Å². The van der Waals surface area contributed by atoms with Crippen molar-refractivity contribution >= 4 is 25.7 Å². The summed E-state index contributed by atoms with van der Waals surface area (Å²) in [6, 6.07) is -1.53. The molecule has 1 unspecified atom stereocenters. The second kappa shape index (κ2) is 35.7. The molecule has 302 valence electrons. The Morgan fingerprint density at radius 1 is 0.596 bits per heavy atom. The van der Waals surface area contributed by atoms with Crippen molar-refractivity contribution < 1.29 is 47.5 Å². The van der Waals surface area contributed by atoms with Crippen LogP contribution >= 0.6 is 7.82 Å². The van der Waals surface area contributed by atoms with E-state index in [0.29, 0.717) is 12.8 Å². The van der Waals surface area contributed by atoms with E-state index in [1.807, 2.05) is 0 Å². The van der Waals surface area contributed by atoms with Crippen molar-refractivity contribution in [2.75, 3.05) is 19.8 Å². The Kier molecular flexibility index (Phi) is 34.1. The molecule has 0 aliphatic carbocycles. The molecular formula is C40H72NO10P. The monoisotopic (exact) mass is 757 g/mol. The van der Waals surface area contributed by atoms with Gasteiger partial charge in [0.25, 0.3) is 0 Å². The van der Waals surface area contributed by atoms with E-state index in [9.17, 15) is 23.8 Å². The third kappa shape index (κ3) is 34.8. The molecule has 0 aliphatic heterocycles. The second-order valence-corrected chi connectivity index (χ2v) is 14.9. The van der Waals surface area contributed by atoms with Gasteiger partial charge in [0, 0.05) is 12.8 Å². The zero-order chi connectivity index (χ0) is 38.5. The first-order valence-corrected chi connectivity index (χ1v) is 21.5. The fraction of sp³-hybridized carbons (Fsp3) is 0.775. The molecule has 0 rings (SSSR count). The summed E-state index contributed by atoms with van der Waals surface area (Å²) in [5.74, 6) is -2.44. The normalized spacial score (nSPS) is 14.2. The van der Waals surface area contributed by atoms with Gasteiger partial charge in [-0.1, -0.05) is 121 Å². The Bertz CT molecular complexity index is 1030. The number of allylic oxidation sites excluding steroid dienone is 6. The van der Waals surface area contributed by atoms with E-state index in [2.05, 4.69) is 54.8 Å². The van der Waals surface area contributed by atoms with Crippen LogP contribution in [-0.2, 0) is 37.5 Å². The fourth-order valence-electron chi connectivity index (χ4n) is 5.15. The van der Waals surface area contributed by atoms with Crippen molar-refractivity contribution in [3.8, 4) is 0 Å². The number of carbonyl (C=O) groups excluding carboxylic acids is 2. The molecule has 0 aromatic carbocycles. The number of carboxylic acids is 1. The predicted molar refractivity (Wildman–Crippen MR) is 208 cm³/mol. The van der Waals surface area contributed by atoms with Crippen LogP contribution in [0.4, 0.5) is 0 Å². The van der Waals surface area contributed by atoms with Gasteiger partial charge in [-0.15, -0.1) is 0 Å². The number of carboxylic acid groups (broad SMARTS) is 1. The maximum atomic E-state index is 12.6. The maximum absolute atomic E-state index is 12.6. The number of phosphoric acid groups is 1. The number of nitrogens with two attached hydrogens (primary N) is 1. The molecule has 3 atom stereocenters. The number of carbonyl (C=O) groups is 3. The number of ether oxygens (including phenoxy) is 2. The summed E-state index contributed by atoms with van der Waals surface area (Å²) in [6.07, 6.45) is 36.5. The number of hydrogen-bond acceptors (Lipinski definition) is 9. The van der Waals surface area contributed by atoms with Crippen LogP contribution in [0.25, 0.3) is 0 Å². The molecule has 0 aromatic heterocycles. The highest BCUT2D eigenvalue weighted by Crippen LogP contribution is 2.43. The van der Waals surface area contributed by atoms with E-state index in [1.165, 1.54) is 77.0 Å². The van der Waals surface area contributed by atoms with Crippen LogP contribution in [0.5, 0.6) is 0 Å². The quantitative estimate of drug-likeness (QED) is 0.0238. The van der Waals surface area contributed by atoms with Crippen molar-refractivity contribution in [2.45, 2.75) is 180 Å². The third-order valence-corrected chi connectivity index (χ3v) is 9.31. The van der Waals surface area contributed by atoms with E-state index in [-0.39, 0.29) is 19.4 Å². The summed E-state index contributed by atoms with van der Waals surface area (Å²) in [7, 11) is -4.72. The van der Waals surface area contributed by atoms with Gasteiger partial charge in [-0.05, 0) is 70.6 Å². The molecule has 12 heteroatoms. The van der Waals surface area contributed by atoms with Crippen molar-refractivity contribution in [3.63, 3.8) is 0 Å². The highest BCUT2D eigenvalue weighted by atomic mass is 31.2. The van der Waals surface area contributed by atoms with Crippen molar-refractivity contribution in [1.82, 2.24) is 0 Å². The van der Waals surface area contributed by atoms with E-state index in [1.54, 1.807) is 0 Å². The molecule has 0 saturated heterocycles. The standard InChI is InChI=1S/C40H72NO10P/c1-3-5-7-9-11-13-15-17-18-20-21-23-25-27-29-31-38(42)48-33-36(34-49-52(46,47)50-35-37(41)40(44)45)51-39(43)32-30-28-26-24-22-19-16-14-12-10-8-6-4-2/h17-19,21-23,36-37H,3-16,20,24-35,41H2,1-2H3,(H,44,45)(H,46,47)/b18-17+,22-19+,23-21+/t36-,37+/m1/s1. The van der Waals surface area contributed by atoms with Gasteiger partial charge in [-0.25, -0.2) is 4.57 Å². The van der Waals surface area contributed by atoms with Crippen LogP contribution < -0.4 is 5.73 Å². The molecule has 52 heavy (non-hydrogen) atoms. The number of aliphatic carboxylic acids is 1. The first-order valence-electron chi connectivity index (χ1n) is 20.0. The van der Waals surface area contributed by atoms with Gasteiger partial charge in [-0.3, -0.25) is 23.4 Å². The summed E-state index contributed by atoms with van der Waals surface area (Å²) in [5, 5.41) is 8.86. The Hall–Kier alpha value is -2.30. The smallest absolute Gasteiger partial charge is 0.472 e. The molecule has 0 heterocycles. The lowest BCUT2D eigenvalue weighted by molar-refractivity contribution is -0.161. The highest BCUT2D eigenvalue weighted by Gasteiger charge is 2.28. The van der Waals surface area contributed by atoms with E-state index in [4.69, 9.17) is 24.8 Å². The molecule has 0 spiro atoms. The lowest BCUT2D eigenvalue weighted by Gasteiger charge is -2.20.